The van der Waals surface area contributed by atoms with Gasteiger partial charge in [-0.15, -0.1) is 0 Å². The number of hydrogen-bond donors (Lipinski definition) is 2. The molecule has 0 saturated heterocycles. The third-order valence-corrected chi connectivity index (χ3v) is 2.36. The van der Waals surface area contributed by atoms with Gasteiger partial charge in [-0.3, -0.25) is 14.9 Å². The minimum atomic E-state index is -0.958. The Morgan fingerprint density at radius 2 is 2.11 bits per heavy atom. The van der Waals surface area contributed by atoms with Crippen LogP contribution in [0.5, 0.6) is 5.75 Å². The molecule has 1 unspecified atom stereocenters. The standard InChI is InChI=1S/C11H14N2O5/c1-6(14)9-5-8(13(16)17)3-4-10(9)18-7(2)11(12)15/h3-7,14H,1-2H3,(H2,12,15)/t6-,7?/m0/s1. The number of aliphatic hydroxyl groups is 1. The number of hydrogen-bond acceptors (Lipinski definition) is 5. The lowest BCUT2D eigenvalue weighted by atomic mass is 10.1. The lowest BCUT2D eigenvalue weighted by Crippen LogP contribution is -2.31. The molecule has 0 heterocycles. The Morgan fingerprint density at radius 1 is 1.50 bits per heavy atom. The van der Waals surface area contributed by atoms with Crippen molar-refractivity contribution >= 4 is 11.6 Å². The Hall–Kier alpha value is -2.15. The van der Waals surface area contributed by atoms with Gasteiger partial charge in [-0.25, -0.2) is 0 Å². The number of nitrogens with zero attached hydrogens (tertiary/aromatic N) is 1. The number of nitro benzene ring substituents is 1. The Bertz CT molecular complexity index is 473. The van der Waals surface area contributed by atoms with Gasteiger partial charge in [0.05, 0.1) is 11.0 Å². The highest BCUT2D eigenvalue weighted by Gasteiger charge is 2.18. The maximum Gasteiger partial charge on any atom is 0.270 e. The lowest BCUT2D eigenvalue weighted by molar-refractivity contribution is -0.385. The summed E-state index contributed by atoms with van der Waals surface area (Å²) in [5.74, 6) is -0.466. The van der Waals surface area contributed by atoms with Crippen molar-refractivity contribution in [3.8, 4) is 5.75 Å². The van der Waals surface area contributed by atoms with Crippen molar-refractivity contribution in [2.24, 2.45) is 5.73 Å². The summed E-state index contributed by atoms with van der Waals surface area (Å²) in [7, 11) is 0. The van der Waals surface area contributed by atoms with Crippen molar-refractivity contribution in [1.29, 1.82) is 0 Å². The molecule has 1 rings (SSSR count). The highest BCUT2D eigenvalue weighted by Crippen LogP contribution is 2.29. The van der Waals surface area contributed by atoms with E-state index in [9.17, 15) is 20.0 Å². The third-order valence-electron chi connectivity index (χ3n) is 2.36. The highest BCUT2D eigenvalue weighted by atomic mass is 16.6. The number of nitro groups is 1. The van der Waals surface area contributed by atoms with Gasteiger partial charge in [0, 0.05) is 17.7 Å². The molecule has 0 fully saturated rings. The summed E-state index contributed by atoms with van der Waals surface area (Å²) in [6.07, 6.45) is -1.84. The first-order valence-electron chi connectivity index (χ1n) is 5.25. The van der Waals surface area contributed by atoms with Crippen molar-refractivity contribution < 1.29 is 19.6 Å². The molecule has 1 aromatic rings. The van der Waals surface area contributed by atoms with Gasteiger partial charge < -0.3 is 15.6 Å². The van der Waals surface area contributed by atoms with E-state index in [0.717, 1.165) is 0 Å². The van der Waals surface area contributed by atoms with Crippen LogP contribution in [-0.4, -0.2) is 22.0 Å². The molecule has 3 N–H and O–H groups in total. The molecule has 1 amide bonds. The first kappa shape index (κ1) is 13.9. The van der Waals surface area contributed by atoms with Crippen molar-refractivity contribution in [1.82, 2.24) is 0 Å². The molecule has 7 heteroatoms. The van der Waals surface area contributed by atoms with Crippen LogP contribution in [0.3, 0.4) is 0 Å². The molecule has 0 aliphatic carbocycles. The zero-order chi connectivity index (χ0) is 13.9. The highest BCUT2D eigenvalue weighted by molar-refractivity contribution is 5.78. The zero-order valence-corrected chi connectivity index (χ0v) is 9.99. The number of non-ortho nitro benzene ring substituents is 1. The van der Waals surface area contributed by atoms with Crippen molar-refractivity contribution in [3.63, 3.8) is 0 Å². The Kier molecular flexibility index (Phi) is 4.22. The number of amides is 1. The van der Waals surface area contributed by atoms with Crippen molar-refractivity contribution in [3.05, 3.63) is 33.9 Å². The second-order valence-corrected chi connectivity index (χ2v) is 3.82. The fourth-order valence-electron chi connectivity index (χ4n) is 1.33. The predicted molar refractivity (Wildman–Crippen MR) is 63.0 cm³/mol. The molecule has 0 aromatic heterocycles. The van der Waals surface area contributed by atoms with Crippen LogP contribution in [0.25, 0.3) is 0 Å². The summed E-state index contributed by atoms with van der Waals surface area (Å²) in [5, 5.41) is 20.2. The summed E-state index contributed by atoms with van der Waals surface area (Å²) in [6.45, 7) is 2.90. The Morgan fingerprint density at radius 3 is 2.56 bits per heavy atom. The molecule has 0 saturated carbocycles. The van der Waals surface area contributed by atoms with E-state index in [4.69, 9.17) is 10.5 Å². The number of carbonyl (C=O) groups excluding carboxylic acids is 1. The zero-order valence-electron chi connectivity index (χ0n) is 9.99. The average Bonchev–Trinajstić information content (AvgIpc) is 2.28. The average molecular weight is 254 g/mol. The fourth-order valence-corrected chi connectivity index (χ4v) is 1.33. The van der Waals surface area contributed by atoms with Crippen LogP contribution in [0.2, 0.25) is 0 Å². The number of carbonyl (C=O) groups is 1. The summed E-state index contributed by atoms with van der Waals surface area (Å²) in [6, 6.07) is 3.77. The molecular formula is C11H14N2O5. The largest absolute Gasteiger partial charge is 0.481 e. The second-order valence-electron chi connectivity index (χ2n) is 3.82. The normalized spacial score (nSPS) is 13.7. The smallest absolute Gasteiger partial charge is 0.270 e. The number of rotatable bonds is 5. The molecule has 0 bridgehead atoms. The quantitative estimate of drug-likeness (QED) is 0.598. The van der Waals surface area contributed by atoms with Crippen LogP contribution in [0, 0.1) is 10.1 Å². The van der Waals surface area contributed by atoms with Crippen LogP contribution in [0.4, 0.5) is 5.69 Å². The van der Waals surface area contributed by atoms with Gasteiger partial charge in [-0.05, 0) is 19.9 Å². The SMILES string of the molecule is CC(Oc1ccc([N+](=O)[O-])cc1[C@H](C)O)C(N)=O. The number of aliphatic hydroxyl groups excluding tert-OH is 1. The number of primary amides is 1. The minimum Gasteiger partial charge on any atom is -0.481 e. The monoisotopic (exact) mass is 254 g/mol. The molecule has 18 heavy (non-hydrogen) atoms. The van der Waals surface area contributed by atoms with Crippen molar-refractivity contribution in [2.45, 2.75) is 26.1 Å². The maximum atomic E-state index is 10.9. The number of benzene rings is 1. The minimum absolute atomic E-state index is 0.162. The van der Waals surface area contributed by atoms with E-state index in [1.165, 1.54) is 32.0 Å². The van der Waals surface area contributed by atoms with E-state index < -0.39 is 23.0 Å². The number of ether oxygens (including phenoxy) is 1. The molecule has 0 aliphatic rings. The van der Waals surface area contributed by atoms with Gasteiger partial charge in [0.15, 0.2) is 6.10 Å². The van der Waals surface area contributed by atoms with Gasteiger partial charge in [0.2, 0.25) is 0 Å². The molecule has 0 aliphatic heterocycles. The van der Waals surface area contributed by atoms with Crippen LogP contribution in [0.1, 0.15) is 25.5 Å². The summed E-state index contributed by atoms with van der Waals surface area (Å²) >= 11 is 0. The molecule has 2 atom stereocenters. The van der Waals surface area contributed by atoms with Crippen LogP contribution in [0.15, 0.2) is 18.2 Å². The van der Waals surface area contributed by atoms with E-state index in [-0.39, 0.29) is 17.0 Å². The van der Waals surface area contributed by atoms with E-state index in [1.807, 2.05) is 0 Å². The fraction of sp³-hybridized carbons (Fsp3) is 0.364. The predicted octanol–water partition coefficient (Wildman–Crippen LogP) is 0.901. The van der Waals surface area contributed by atoms with Gasteiger partial charge in [-0.2, -0.15) is 0 Å². The van der Waals surface area contributed by atoms with Gasteiger partial charge in [0.1, 0.15) is 5.75 Å². The molecule has 0 spiro atoms. The summed E-state index contributed by atoms with van der Waals surface area (Å²) < 4.78 is 5.25. The van der Waals surface area contributed by atoms with E-state index >= 15 is 0 Å². The molecule has 7 nitrogen and oxygen atoms in total. The van der Waals surface area contributed by atoms with E-state index in [1.54, 1.807) is 0 Å². The van der Waals surface area contributed by atoms with Gasteiger partial charge in [-0.1, -0.05) is 0 Å². The topological polar surface area (TPSA) is 116 Å². The van der Waals surface area contributed by atoms with Crippen LogP contribution in [-0.2, 0) is 4.79 Å². The Balaban J connectivity index is 3.11. The van der Waals surface area contributed by atoms with Gasteiger partial charge in [0.25, 0.3) is 11.6 Å². The van der Waals surface area contributed by atoms with Gasteiger partial charge >= 0.3 is 0 Å². The maximum absolute atomic E-state index is 10.9. The third kappa shape index (κ3) is 3.17. The summed E-state index contributed by atoms with van der Waals surface area (Å²) in [5.41, 5.74) is 5.13. The van der Waals surface area contributed by atoms with Crippen LogP contribution < -0.4 is 10.5 Å². The van der Waals surface area contributed by atoms with E-state index in [2.05, 4.69) is 0 Å². The first-order chi connectivity index (χ1) is 8.32. The second kappa shape index (κ2) is 5.46. The molecular weight excluding hydrogens is 240 g/mol. The molecule has 1 aromatic carbocycles. The lowest BCUT2D eigenvalue weighted by Gasteiger charge is -2.16. The summed E-state index contributed by atoms with van der Waals surface area (Å²) in [4.78, 5) is 20.9. The van der Waals surface area contributed by atoms with Crippen LogP contribution >= 0.6 is 0 Å². The Labute approximate surface area is 103 Å². The molecule has 98 valence electrons. The van der Waals surface area contributed by atoms with E-state index in [0.29, 0.717) is 0 Å². The first-order valence-corrected chi connectivity index (χ1v) is 5.25. The number of nitrogens with two attached hydrogens (primary N) is 1. The molecule has 0 radical (unpaired) electrons. The van der Waals surface area contributed by atoms with Crippen molar-refractivity contribution in [2.75, 3.05) is 0 Å².